The van der Waals surface area contributed by atoms with Gasteiger partial charge in [-0.3, -0.25) is 14.3 Å². The standard InChI is InChI=1S/C9H10FN3O2/c10-7-6-13(5-3-1-2-4-11)9(15)12-8(7)14/h6H,1-3,5H2,(H,12,14,15). The van der Waals surface area contributed by atoms with Gasteiger partial charge < -0.3 is 0 Å². The third-order valence-electron chi connectivity index (χ3n) is 1.91. The SMILES string of the molecule is N#CCCCCn1cc(F)c(=O)[nH]c1=O. The van der Waals surface area contributed by atoms with Crippen molar-refractivity contribution >= 4 is 0 Å². The molecule has 80 valence electrons. The van der Waals surface area contributed by atoms with Crippen LogP contribution in [-0.4, -0.2) is 9.55 Å². The van der Waals surface area contributed by atoms with E-state index in [2.05, 4.69) is 0 Å². The number of aromatic amines is 1. The predicted molar refractivity (Wildman–Crippen MR) is 50.7 cm³/mol. The molecule has 1 aromatic rings. The molecule has 0 bridgehead atoms. The maximum atomic E-state index is 12.8. The molecule has 1 heterocycles. The monoisotopic (exact) mass is 211 g/mol. The number of halogens is 1. The van der Waals surface area contributed by atoms with Crippen LogP contribution < -0.4 is 11.2 Å². The lowest BCUT2D eigenvalue weighted by Crippen LogP contribution is -2.31. The Kier molecular flexibility index (Phi) is 3.80. The molecule has 1 aromatic heterocycles. The van der Waals surface area contributed by atoms with Crippen LogP contribution in [0.1, 0.15) is 19.3 Å². The highest BCUT2D eigenvalue weighted by Crippen LogP contribution is 1.96. The van der Waals surface area contributed by atoms with Crippen LogP contribution in [0.2, 0.25) is 0 Å². The molecule has 0 aliphatic carbocycles. The van der Waals surface area contributed by atoms with Crippen LogP contribution in [0.25, 0.3) is 0 Å². The first-order valence-electron chi connectivity index (χ1n) is 4.51. The molecule has 6 heteroatoms. The van der Waals surface area contributed by atoms with E-state index in [9.17, 15) is 14.0 Å². The maximum Gasteiger partial charge on any atom is 0.328 e. The number of hydrogen-bond donors (Lipinski definition) is 1. The summed E-state index contributed by atoms with van der Waals surface area (Å²) in [7, 11) is 0. The van der Waals surface area contributed by atoms with Crippen molar-refractivity contribution in [2.75, 3.05) is 0 Å². The molecule has 1 rings (SSSR count). The first-order chi connectivity index (χ1) is 7.15. The Morgan fingerprint density at radius 1 is 1.47 bits per heavy atom. The summed E-state index contributed by atoms with van der Waals surface area (Å²) < 4.78 is 13.9. The molecule has 0 aromatic carbocycles. The van der Waals surface area contributed by atoms with Gasteiger partial charge in [-0.2, -0.15) is 9.65 Å². The van der Waals surface area contributed by atoms with E-state index >= 15 is 0 Å². The molecular weight excluding hydrogens is 201 g/mol. The minimum Gasteiger partial charge on any atom is -0.298 e. The summed E-state index contributed by atoms with van der Waals surface area (Å²) in [5.41, 5.74) is -1.63. The van der Waals surface area contributed by atoms with Crippen LogP contribution in [0.5, 0.6) is 0 Å². The number of H-pyrrole nitrogens is 1. The fourth-order valence-electron chi connectivity index (χ4n) is 1.14. The molecule has 0 saturated carbocycles. The number of aryl methyl sites for hydroxylation is 1. The molecule has 0 radical (unpaired) electrons. The van der Waals surface area contributed by atoms with Crippen molar-refractivity contribution in [3.8, 4) is 6.07 Å². The first kappa shape index (κ1) is 11.2. The summed E-state index contributed by atoms with van der Waals surface area (Å²) in [5, 5.41) is 8.27. The molecule has 5 nitrogen and oxygen atoms in total. The number of aromatic nitrogens is 2. The predicted octanol–water partition coefficient (Wildman–Crippen LogP) is 0.370. The molecule has 15 heavy (non-hydrogen) atoms. The minimum atomic E-state index is -1.01. The molecule has 0 atom stereocenters. The van der Waals surface area contributed by atoms with Crippen molar-refractivity contribution in [1.82, 2.24) is 9.55 Å². The Hall–Kier alpha value is -1.90. The summed E-state index contributed by atoms with van der Waals surface area (Å²) in [6, 6.07) is 1.97. The van der Waals surface area contributed by atoms with E-state index in [4.69, 9.17) is 5.26 Å². The Balaban J connectivity index is 2.71. The molecule has 0 saturated heterocycles. The zero-order chi connectivity index (χ0) is 11.3. The van der Waals surface area contributed by atoms with Crippen molar-refractivity contribution in [2.45, 2.75) is 25.8 Å². The minimum absolute atomic E-state index is 0.300. The molecular formula is C9H10FN3O2. The number of unbranched alkanes of at least 4 members (excludes halogenated alkanes) is 2. The van der Waals surface area contributed by atoms with Crippen molar-refractivity contribution in [3.63, 3.8) is 0 Å². The van der Waals surface area contributed by atoms with Gasteiger partial charge >= 0.3 is 5.69 Å². The second-order valence-corrected chi connectivity index (χ2v) is 3.04. The van der Waals surface area contributed by atoms with Gasteiger partial charge in [-0.25, -0.2) is 4.79 Å². The van der Waals surface area contributed by atoms with Crippen LogP contribution in [0, 0.1) is 17.1 Å². The van der Waals surface area contributed by atoms with Gasteiger partial charge in [-0.1, -0.05) is 0 Å². The van der Waals surface area contributed by atoms with E-state index < -0.39 is 17.1 Å². The fourth-order valence-corrected chi connectivity index (χ4v) is 1.14. The van der Waals surface area contributed by atoms with E-state index in [1.165, 1.54) is 0 Å². The van der Waals surface area contributed by atoms with E-state index in [1.807, 2.05) is 11.1 Å². The highest BCUT2D eigenvalue weighted by atomic mass is 19.1. The molecule has 0 amide bonds. The first-order valence-corrected chi connectivity index (χ1v) is 4.51. The van der Waals surface area contributed by atoms with Gasteiger partial charge in [0.2, 0.25) is 5.82 Å². The van der Waals surface area contributed by atoms with Crippen molar-refractivity contribution in [2.24, 2.45) is 0 Å². The molecule has 0 fully saturated rings. The third-order valence-corrected chi connectivity index (χ3v) is 1.91. The largest absolute Gasteiger partial charge is 0.328 e. The van der Waals surface area contributed by atoms with Gasteiger partial charge in [0.05, 0.1) is 12.3 Å². The average molecular weight is 211 g/mol. The van der Waals surface area contributed by atoms with Crippen molar-refractivity contribution in [1.29, 1.82) is 5.26 Å². The number of nitrogens with one attached hydrogen (secondary N) is 1. The number of nitriles is 1. The summed E-state index contributed by atoms with van der Waals surface area (Å²) in [4.78, 5) is 23.7. The summed E-state index contributed by atoms with van der Waals surface area (Å²) in [6.45, 7) is 0.300. The van der Waals surface area contributed by atoms with Crippen LogP contribution >= 0.6 is 0 Å². The normalized spacial score (nSPS) is 9.87. The fraction of sp³-hybridized carbons (Fsp3) is 0.444. The Morgan fingerprint density at radius 2 is 2.20 bits per heavy atom. The second-order valence-electron chi connectivity index (χ2n) is 3.04. The molecule has 0 unspecified atom stereocenters. The van der Waals surface area contributed by atoms with Crippen LogP contribution in [-0.2, 0) is 6.54 Å². The number of nitrogens with zero attached hydrogens (tertiary/aromatic N) is 2. The molecule has 1 N–H and O–H groups in total. The van der Waals surface area contributed by atoms with Crippen LogP contribution in [0.4, 0.5) is 4.39 Å². The highest BCUT2D eigenvalue weighted by molar-refractivity contribution is 4.87. The lowest BCUT2D eigenvalue weighted by atomic mass is 10.2. The Labute approximate surface area is 84.8 Å². The zero-order valence-electron chi connectivity index (χ0n) is 7.99. The van der Waals surface area contributed by atoms with E-state index in [-0.39, 0.29) is 0 Å². The number of rotatable bonds is 4. The lowest BCUT2D eigenvalue weighted by Gasteiger charge is -2.02. The lowest BCUT2D eigenvalue weighted by molar-refractivity contribution is 0.531. The van der Waals surface area contributed by atoms with Gasteiger partial charge in [0.1, 0.15) is 0 Å². The Bertz CT molecular complexity index is 483. The Morgan fingerprint density at radius 3 is 2.87 bits per heavy atom. The van der Waals surface area contributed by atoms with Gasteiger partial charge in [-0.15, -0.1) is 0 Å². The smallest absolute Gasteiger partial charge is 0.298 e. The summed E-state index contributed by atoms with van der Waals surface area (Å²) in [5.74, 6) is -0.977. The topological polar surface area (TPSA) is 78.7 Å². The third kappa shape index (κ3) is 3.06. The van der Waals surface area contributed by atoms with Crippen LogP contribution in [0.15, 0.2) is 15.8 Å². The number of hydrogen-bond acceptors (Lipinski definition) is 3. The zero-order valence-corrected chi connectivity index (χ0v) is 7.99. The van der Waals surface area contributed by atoms with Gasteiger partial charge in [-0.05, 0) is 12.8 Å². The summed E-state index contributed by atoms with van der Waals surface area (Å²) in [6.07, 6.45) is 2.52. The second kappa shape index (κ2) is 5.10. The molecule has 0 aliphatic heterocycles. The molecule has 0 aliphatic rings. The summed E-state index contributed by atoms with van der Waals surface area (Å²) >= 11 is 0. The van der Waals surface area contributed by atoms with Gasteiger partial charge in [0, 0.05) is 13.0 Å². The maximum absolute atomic E-state index is 12.8. The highest BCUT2D eigenvalue weighted by Gasteiger charge is 2.02. The van der Waals surface area contributed by atoms with Crippen molar-refractivity contribution in [3.05, 3.63) is 32.9 Å². The van der Waals surface area contributed by atoms with Crippen molar-refractivity contribution < 1.29 is 4.39 Å². The average Bonchev–Trinajstić information content (AvgIpc) is 2.20. The quantitative estimate of drug-likeness (QED) is 0.731. The van der Waals surface area contributed by atoms with Gasteiger partial charge in [0.25, 0.3) is 5.56 Å². The van der Waals surface area contributed by atoms with Gasteiger partial charge in [0.15, 0.2) is 0 Å². The van der Waals surface area contributed by atoms with E-state index in [0.29, 0.717) is 25.8 Å². The van der Waals surface area contributed by atoms with E-state index in [0.717, 1.165) is 10.8 Å². The van der Waals surface area contributed by atoms with E-state index in [1.54, 1.807) is 0 Å². The molecule has 0 spiro atoms. The van der Waals surface area contributed by atoms with Crippen LogP contribution in [0.3, 0.4) is 0 Å².